The van der Waals surface area contributed by atoms with Gasteiger partial charge in [0.1, 0.15) is 0 Å². The van der Waals surface area contributed by atoms with Gasteiger partial charge in [0.05, 0.1) is 0 Å². The lowest BCUT2D eigenvalue weighted by Crippen LogP contribution is -1.73. The van der Waals surface area contributed by atoms with Crippen molar-refractivity contribution < 1.29 is 0 Å². The van der Waals surface area contributed by atoms with Gasteiger partial charge in [-0.05, 0) is 6.92 Å². The fourth-order valence-electron chi connectivity index (χ4n) is 0. The molecule has 0 aromatic heterocycles. The molecule has 0 rings (SSSR count). The van der Waals surface area contributed by atoms with Crippen molar-refractivity contribution in [1.82, 2.24) is 0 Å². The van der Waals surface area contributed by atoms with Gasteiger partial charge in [0.15, 0.2) is 0 Å². The summed E-state index contributed by atoms with van der Waals surface area (Å²) in [7, 11) is 0. The molecule has 27 valence electrons. The van der Waals surface area contributed by atoms with Crippen molar-refractivity contribution in [2.24, 2.45) is 5.92 Å². The number of terminal acetylenes is 1. The number of rotatable bonds is 0. The van der Waals surface area contributed by atoms with Crippen LogP contribution in [0.15, 0.2) is 0 Å². The molecule has 1 atom stereocenters. The molecule has 0 saturated heterocycles. The zero-order chi connectivity index (χ0) is 4.28. The van der Waals surface area contributed by atoms with Gasteiger partial charge < -0.3 is 0 Å². The summed E-state index contributed by atoms with van der Waals surface area (Å²) in [6, 6.07) is 0. The maximum atomic E-state index is 4.86. The summed E-state index contributed by atoms with van der Waals surface area (Å²) < 4.78 is 0. The van der Waals surface area contributed by atoms with Crippen molar-refractivity contribution in [3.05, 3.63) is 6.92 Å². The van der Waals surface area contributed by atoms with Crippen LogP contribution in [-0.2, 0) is 0 Å². The summed E-state index contributed by atoms with van der Waals surface area (Å²) in [5, 5.41) is 0. The molecule has 5 heavy (non-hydrogen) atoms. The normalized spacial score (nSPS) is 7.60. The van der Waals surface area contributed by atoms with Gasteiger partial charge in [-0.3, -0.25) is 0 Å². The first kappa shape index (κ1) is 4.56. The first-order valence-corrected chi connectivity index (χ1v) is 1.56. The summed E-state index contributed by atoms with van der Waals surface area (Å²) >= 11 is 0. The predicted octanol–water partition coefficient (Wildman–Crippen LogP) is 1.09. The Morgan fingerprint density at radius 3 is 2.20 bits per heavy atom. The maximum absolute atomic E-state index is 4.86. The molecule has 0 saturated carbocycles. The summed E-state index contributed by atoms with van der Waals surface area (Å²) in [5.74, 6) is 2.58. The molecule has 0 unspecified atom stereocenters. The van der Waals surface area contributed by atoms with Gasteiger partial charge in [0.2, 0.25) is 0 Å². The van der Waals surface area contributed by atoms with Crippen LogP contribution in [0.1, 0.15) is 6.92 Å². The average molecular weight is 67.1 g/mol. The van der Waals surface area contributed by atoms with Gasteiger partial charge in [-0.15, -0.1) is 12.3 Å². The van der Waals surface area contributed by atoms with Crippen LogP contribution in [0.3, 0.4) is 0 Å². The molecule has 0 aliphatic heterocycles. The lowest BCUT2D eigenvalue weighted by Gasteiger charge is -1.79. The Balaban J connectivity index is 2.94. The van der Waals surface area contributed by atoms with Crippen LogP contribution in [0.4, 0.5) is 0 Å². The van der Waals surface area contributed by atoms with Crippen LogP contribution in [0.5, 0.6) is 0 Å². The van der Waals surface area contributed by atoms with Crippen LogP contribution >= 0.6 is 0 Å². The van der Waals surface area contributed by atoms with E-state index >= 15 is 0 Å². The second-order valence-corrected chi connectivity index (χ2v) is 1.07. The fourth-order valence-corrected chi connectivity index (χ4v) is 0. The van der Waals surface area contributed by atoms with Crippen molar-refractivity contribution in [2.45, 2.75) is 6.92 Å². The average Bonchev–Trinajstić information content (AvgIpc) is 1.38. The van der Waals surface area contributed by atoms with Gasteiger partial charge >= 0.3 is 0 Å². The van der Waals surface area contributed by atoms with E-state index in [-0.39, 0.29) is 5.92 Å². The van der Waals surface area contributed by atoms with E-state index in [0.29, 0.717) is 0 Å². The Morgan fingerprint density at radius 1 is 2.00 bits per heavy atom. The quantitative estimate of drug-likeness (QED) is 0.372. The SMILES string of the molecule is C#C[C@@H]([CH2])C. The topological polar surface area (TPSA) is 0 Å². The highest BCUT2D eigenvalue weighted by Gasteiger charge is 1.74. The molecule has 0 N–H and O–H groups in total. The zero-order valence-electron chi connectivity index (χ0n) is 3.36. The van der Waals surface area contributed by atoms with E-state index < -0.39 is 0 Å². The molecule has 0 nitrogen and oxygen atoms in total. The van der Waals surface area contributed by atoms with Crippen molar-refractivity contribution in [3.8, 4) is 12.3 Å². The molecule has 1 radical (unpaired) electrons. The number of hydrogen-bond acceptors (Lipinski definition) is 0. The van der Waals surface area contributed by atoms with Crippen LogP contribution in [0.2, 0.25) is 0 Å². The fraction of sp³-hybridized carbons (Fsp3) is 0.400. The Hall–Kier alpha value is -0.440. The zero-order valence-corrected chi connectivity index (χ0v) is 3.36. The van der Waals surface area contributed by atoms with Gasteiger partial charge in [-0.2, -0.15) is 0 Å². The van der Waals surface area contributed by atoms with Gasteiger partial charge in [-0.25, -0.2) is 0 Å². The third-order valence-electron chi connectivity index (χ3n) is 0.285. The first-order chi connectivity index (χ1) is 2.27. The minimum Gasteiger partial charge on any atom is -0.120 e. The van der Waals surface area contributed by atoms with Gasteiger partial charge in [0.25, 0.3) is 0 Å². The Labute approximate surface area is 33.2 Å². The van der Waals surface area contributed by atoms with E-state index in [4.69, 9.17) is 6.42 Å². The Morgan fingerprint density at radius 2 is 2.20 bits per heavy atom. The van der Waals surface area contributed by atoms with E-state index in [1.807, 2.05) is 6.92 Å². The summed E-state index contributed by atoms with van der Waals surface area (Å²) in [6.07, 6.45) is 4.86. The summed E-state index contributed by atoms with van der Waals surface area (Å²) in [6.45, 7) is 5.40. The van der Waals surface area contributed by atoms with Crippen molar-refractivity contribution in [2.75, 3.05) is 0 Å². The van der Waals surface area contributed by atoms with Gasteiger partial charge in [0, 0.05) is 5.92 Å². The van der Waals surface area contributed by atoms with Crippen molar-refractivity contribution in [1.29, 1.82) is 0 Å². The van der Waals surface area contributed by atoms with Crippen molar-refractivity contribution >= 4 is 0 Å². The lowest BCUT2D eigenvalue weighted by molar-refractivity contribution is 0.979. The molecule has 0 aliphatic carbocycles. The van der Waals surface area contributed by atoms with E-state index in [0.717, 1.165) is 0 Å². The highest BCUT2D eigenvalue weighted by Crippen LogP contribution is 1.80. The Kier molecular flexibility index (Phi) is 1.68. The van der Waals surface area contributed by atoms with Crippen LogP contribution in [0.25, 0.3) is 0 Å². The molecule has 0 fully saturated rings. The predicted molar refractivity (Wildman–Crippen MR) is 23.4 cm³/mol. The first-order valence-electron chi connectivity index (χ1n) is 1.56. The van der Waals surface area contributed by atoms with Crippen LogP contribution < -0.4 is 0 Å². The molecule has 0 heteroatoms. The molecule has 0 spiro atoms. The van der Waals surface area contributed by atoms with E-state index in [1.165, 1.54) is 0 Å². The number of hydrogen-bond donors (Lipinski definition) is 0. The van der Waals surface area contributed by atoms with Crippen LogP contribution in [-0.4, -0.2) is 0 Å². The largest absolute Gasteiger partial charge is 0.120 e. The van der Waals surface area contributed by atoms with E-state index in [2.05, 4.69) is 12.8 Å². The summed E-state index contributed by atoms with van der Waals surface area (Å²) in [4.78, 5) is 0. The third kappa shape index (κ3) is 3.56. The Bertz CT molecular complexity index is 45.5. The highest BCUT2D eigenvalue weighted by atomic mass is 13.8. The molecular weight excluding hydrogens is 60.1 g/mol. The standard InChI is InChI=1S/C5H7/c1-4-5(2)3/h1,5H,2H2,3H3/t5-/m0/s1. The monoisotopic (exact) mass is 67.1 g/mol. The molecular formula is C5H7. The van der Waals surface area contributed by atoms with Gasteiger partial charge in [-0.1, -0.05) is 6.92 Å². The maximum Gasteiger partial charge on any atom is 0.0172 e. The molecule has 0 heterocycles. The molecule has 0 aromatic rings. The second kappa shape index (κ2) is 1.84. The minimum absolute atomic E-state index is 0.162. The van der Waals surface area contributed by atoms with Crippen LogP contribution in [0, 0.1) is 25.2 Å². The highest BCUT2D eigenvalue weighted by molar-refractivity contribution is 4.91. The summed E-state index contributed by atoms with van der Waals surface area (Å²) in [5.41, 5.74) is 0. The lowest BCUT2D eigenvalue weighted by atomic mass is 10.2. The van der Waals surface area contributed by atoms with Crippen molar-refractivity contribution in [3.63, 3.8) is 0 Å². The second-order valence-electron chi connectivity index (χ2n) is 1.07. The van der Waals surface area contributed by atoms with E-state index in [1.54, 1.807) is 0 Å². The molecule has 0 bridgehead atoms. The smallest absolute Gasteiger partial charge is 0.0172 e. The van der Waals surface area contributed by atoms with E-state index in [9.17, 15) is 0 Å². The molecule has 0 aromatic carbocycles. The minimum atomic E-state index is 0.162. The molecule has 0 aliphatic rings. The third-order valence-corrected chi connectivity index (χ3v) is 0.285. The molecule has 0 amide bonds.